The van der Waals surface area contributed by atoms with Gasteiger partial charge in [0.25, 0.3) is 0 Å². The van der Waals surface area contributed by atoms with E-state index in [1.807, 2.05) is 6.92 Å². The Morgan fingerprint density at radius 2 is 2.17 bits per heavy atom. The van der Waals surface area contributed by atoms with E-state index in [1.54, 1.807) is 12.1 Å². The van der Waals surface area contributed by atoms with Crippen LogP contribution in [-0.4, -0.2) is 18.4 Å². The molecule has 1 aliphatic rings. The second-order valence-electron chi connectivity index (χ2n) is 4.47. The zero-order valence-electron chi connectivity index (χ0n) is 9.94. The molecular formula is C12H14ClN3O2. The fraction of sp³-hybridized carbons (Fsp3) is 0.333. The third-order valence-corrected chi connectivity index (χ3v) is 3.53. The van der Waals surface area contributed by atoms with E-state index in [-0.39, 0.29) is 18.9 Å². The molecule has 0 aliphatic carbocycles. The van der Waals surface area contributed by atoms with Gasteiger partial charge in [0, 0.05) is 18.0 Å². The number of amides is 2. The predicted octanol–water partition coefficient (Wildman–Crippen LogP) is 1.07. The summed E-state index contributed by atoms with van der Waals surface area (Å²) in [4.78, 5) is 24.4. The minimum Gasteiger partial charge on any atom is -0.397 e. The molecule has 1 aromatic rings. The number of primary amides is 1. The van der Waals surface area contributed by atoms with Gasteiger partial charge in [-0.05, 0) is 24.6 Å². The maximum absolute atomic E-state index is 11.9. The predicted molar refractivity (Wildman–Crippen MR) is 70.3 cm³/mol. The van der Waals surface area contributed by atoms with Crippen molar-refractivity contribution in [2.45, 2.75) is 13.3 Å². The highest BCUT2D eigenvalue weighted by molar-refractivity contribution is 6.32. The first-order valence-corrected chi connectivity index (χ1v) is 5.93. The molecule has 0 saturated carbocycles. The molecule has 1 heterocycles. The highest BCUT2D eigenvalue weighted by Crippen LogP contribution is 2.33. The van der Waals surface area contributed by atoms with Gasteiger partial charge in [-0.3, -0.25) is 9.59 Å². The summed E-state index contributed by atoms with van der Waals surface area (Å²) in [6.45, 7) is 2.10. The van der Waals surface area contributed by atoms with Crippen LogP contribution < -0.4 is 16.4 Å². The molecule has 1 unspecified atom stereocenters. The number of hydrogen-bond donors (Lipinski definition) is 2. The first-order chi connectivity index (χ1) is 8.40. The average Bonchev–Trinajstić information content (AvgIpc) is 2.66. The molecule has 1 saturated heterocycles. The molecular weight excluding hydrogens is 254 g/mol. The lowest BCUT2D eigenvalue weighted by Gasteiger charge is -2.19. The van der Waals surface area contributed by atoms with Crippen LogP contribution in [0.2, 0.25) is 5.02 Å². The van der Waals surface area contributed by atoms with Gasteiger partial charge < -0.3 is 16.4 Å². The third-order valence-electron chi connectivity index (χ3n) is 3.13. The number of hydrogen-bond acceptors (Lipinski definition) is 3. The van der Waals surface area contributed by atoms with Crippen molar-refractivity contribution in [3.8, 4) is 0 Å². The lowest BCUT2D eigenvalue weighted by atomic mass is 10.1. The monoisotopic (exact) mass is 267 g/mol. The number of nitrogens with two attached hydrogens (primary N) is 2. The molecule has 0 radical (unpaired) electrons. The van der Waals surface area contributed by atoms with Gasteiger partial charge in [0.2, 0.25) is 11.8 Å². The fourth-order valence-electron chi connectivity index (χ4n) is 2.06. The van der Waals surface area contributed by atoms with Gasteiger partial charge in [-0.2, -0.15) is 0 Å². The fourth-order valence-corrected chi connectivity index (χ4v) is 2.22. The van der Waals surface area contributed by atoms with E-state index in [0.29, 0.717) is 16.4 Å². The normalized spacial score (nSPS) is 19.3. The van der Waals surface area contributed by atoms with Crippen molar-refractivity contribution >= 4 is 34.8 Å². The van der Waals surface area contributed by atoms with Crippen molar-refractivity contribution in [2.24, 2.45) is 11.7 Å². The number of halogens is 1. The highest BCUT2D eigenvalue weighted by atomic mass is 35.5. The Balaban J connectivity index is 2.35. The minimum absolute atomic E-state index is 0.125. The summed E-state index contributed by atoms with van der Waals surface area (Å²) in [5.74, 6) is -1.09. The summed E-state index contributed by atoms with van der Waals surface area (Å²) in [6.07, 6.45) is 0.125. The van der Waals surface area contributed by atoms with Crippen molar-refractivity contribution in [3.63, 3.8) is 0 Å². The van der Waals surface area contributed by atoms with E-state index in [1.165, 1.54) is 4.90 Å². The molecule has 0 spiro atoms. The Kier molecular flexibility index (Phi) is 3.17. The van der Waals surface area contributed by atoms with Gasteiger partial charge in [0.1, 0.15) is 0 Å². The lowest BCUT2D eigenvalue weighted by molar-refractivity contribution is -0.123. The van der Waals surface area contributed by atoms with E-state index < -0.39 is 11.8 Å². The standard InChI is InChI=1S/C12H14ClN3O2/c1-6-2-9(14)10(4-8(6)13)16-5-7(12(15)18)3-11(16)17/h2,4,7H,3,5,14H2,1H3,(H2,15,18). The molecule has 2 rings (SSSR count). The van der Waals surface area contributed by atoms with E-state index in [9.17, 15) is 9.59 Å². The molecule has 0 bridgehead atoms. The van der Waals surface area contributed by atoms with Crippen molar-refractivity contribution in [2.75, 3.05) is 17.2 Å². The zero-order chi connectivity index (χ0) is 13.4. The third kappa shape index (κ3) is 2.13. The molecule has 1 aromatic carbocycles. The average molecular weight is 268 g/mol. The summed E-state index contributed by atoms with van der Waals surface area (Å²) in [5, 5.41) is 0.537. The molecule has 96 valence electrons. The number of nitrogens with zero attached hydrogens (tertiary/aromatic N) is 1. The molecule has 6 heteroatoms. The first kappa shape index (κ1) is 12.7. The van der Waals surface area contributed by atoms with E-state index in [4.69, 9.17) is 23.1 Å². The summed E-state index contributed by atoms with van der Waals surface area (Å²) in [6, 6.07) is 3.36. The van der Waals surface area contributed by atoms with Crippen LogP contribution in [-0.2, 0) is 9.59 Å². The van der Waals surface area contributed by atoms with Crippen LogP contribution in [0.3, 0.4) is 0 Å². The van der Waals surface area contributed by atoms with Crippen molar-refractivity contribution in [1.82, 2.24) is 0 Å². The second-order valence-corrected chi connectivity index (χ2v) is 4.88. The van der Waals surface area contributed by atoms with Crippen LogP contribution in [0.5, 0.6) is 0 Å². The lowest BCUT2D eigenvalue weighted by Crippen LogP contribution is -2.29. The molecule has 5 nitrogen and oxygen atoms in total. The van der Waals surface area contributed by atoms with Gasteiger partial charge in [-0.25, -0.2) is 0 Å². The number of carbonyl (C=O) groups is 2. The number of aryl methyl sites for hydroxylation is 1. The van der Waals surface area contributed by atoms with Crippen LogP contribution in [0.4, 0.5) is 11.4 Å². The SMILES string of the molecule is Cc1cc(N)c(N2CC(C(N)=O)CC2=O)cc1Cl. The Bertz CT molecular complexity index is 530. The largest absolute Gasteiger partial charge is 0.397 e. The van der Waals surface area contributed by atoms with Crippen LogP contribution in [0.15, 0.2) is 12.1 Å². The van der Waals surface area contributed by atoms with Crippen molar-refractivity contribution < 1.29 is 9.59 Å². The summed E-state index contributed by atoms with van der Waals surface area (Å²) in [7, 11) is 0. The van der Waals surface area contributed by atoms with Gasteiger partial charge in [0.05, 0.1) is 17.3 Å². The highest BCUT2D eigenvalue weighted by Gasteiger charge is 2.34. The van der Waals surface area contributed by atoms with E-state index in [2.05, 4.69) is 0 Å². The van der Waals surface area contributed by atoms with Crippen LogP contribution in [0.1, 0.15) is 12.0 Å². The zero-order valence-corrected chi connectivity index (χ0v) is 10.7. The Morgan fingerprint density at radius 3 is 2.72 bits per heavy atom. The molecule has 18 heavy (non-hydrogen) atoms. The maximum Gasteiger partial charge on any atom is 0.227 e. The van der Waals surface area contributed by atoms with Gasteiger partial charge in [-0.1, -0.05) is 11.6 Å². The Hall–Kier alpha value is -1.75. The topological polar surface area (TPSA) is 89.4 Å². The number of rotatable bonds is 2. The number of nitrogen functional groups attached to an aromatic ring is 1. The number of benzene rings is 1. The second kappa shape index (κ2) is 4.49. The van der Waals surface area contributed by atoms with Crippen LogP contribution in [0.25, 0.3) is 0 Å². The Labute approximate surface area is 110 Å². The number of anilines is 2. The van der Waals surface area contributed by atoms with Crippen LogP contribution in [0, 0.1) is 12.8 Å². The van der Waals surface area contributed by atoms with Crippen molar-refractivity contribution in [1.29, 1.82) is 0 Å². The van der Waals surface area contributed by atoms with E-state index in [0.717, 1.165) is 5.56 Å². The van der Waals surface area contributed by atoms with Gasteiger partial charge >= 0.3 is 0 Å². The number of carbonyl (C=O) groups excluding carboxylic acids is 2. The molecule has 2 amide bonds. The summed E-state index contributed by atoms with van der Waals surface area (Å²) < 4.78 is 0. The quantitative estimate of drug-likeness (QED) is 0.786. The van der Waals surface area contributed by atoms with Gasteiger partial charge in [-0.15, -0.1) is 0 Å². The molecule has 1 atom stereocenters. The maximum atomic E-state index is 11.9. The molecule has 1 fully saturated rings. The van der Waals surface area contributed by atoms with E-state index >= 15 is 0 Å². The smallest absolute Gasteiger partial charge is 0.227 e. The summed E-state index contributed by atoms with van der Waals surface area (Å²) in [5.41, 5.74) is 13.0. The summed E-state index contributed by atoms with van der Waals surface area (Å²) >= 11 is 6.03. The molecule has 1 aliphatic heterocycles. The molecule has 4 N–H and O–H groups in total. The molecule has 0 aromatic heterocycles. The first-order valence-electron chi connectivity index (χ1n) is 5.55. The minimum atomic E-state index is -0.470. The van der Waals surface area contributed by atoms with Crippen LogP contribution >= 0.6 is 11.6 Å². The van der Waals surface area contributed by atoms with Crippen molar-refractivity contribution in [3.05, 3.63) is 22.7 Å². The van der Waals surface area contributed by atoms with Gasteiger partial charge in [0.15, 0.2) is 0 Å². The Morgan fingerprint density at radius 1 is 1.50 bits per heavy atom.